The number of sulfonamides is 2. The topological polar surface area (TPSA) is 83.6 Å². The van der Waals surface area contributed by atoms with Crippen molar-refractivity contribution in [2.75, 3.05) is 23.7 Å². The van der Waals surface area contributed by atoms with Gasteiger partial charge in [0.2, 0.25) is 20.0 Å². The molecule has 2 rings (SSSR count). The van der Waals surface area contributed by atoms with Crippen LogP contribution in [0.15, 0.2) is 46.0 Å². The zero-order chi connectivity index (χ0) is 17.8. The van der Waals surface area contributed by atoms with Crippen LogP contribution in [-0.4, -0.2) is 36.2 Å². The molecule has 0 bridgehead atoms. The quantitative estimate of drug-likeness (QED) is 0.750. The maximum absolute atomic E-state index is 12.1. The average molecular weight is 389 g/mol. The van der Waals surface area contributed by atoms with Crippen molar-refractivity contribution in [2.45, 2.75) is 17.6 Å². The molecule has 24 heavy (non-hydrogen) atoms. The van der Waals surface area contributed by atoms with E-state index in [9.17, 15) is 16.8 Å². The molecular formula is C15H20N2O4S3. The number of benzene rings is 1. The predicted octanol–water partition coefficient (Wildman–Crippen LogP) is 2.06. The summed E-state index contributed by atoms with van der Waals surface area (Å²) in [4.78, 5) is 0. The van der Waals surface area contributed by atoms with E-state index in [-0.39, 0.29) is 17.3 Å². The highest BCUT2D eigenvalue weighted by molar-refractivity contribution is 7.92. The number of para-hydroxylation sites is 1. The highest BCUT2D eigenvalue weighted by Crippen LogP contribution is 2.23. The lowest BCUT2D eigenvalue weighted by Gasteiger charge is -2.24. The second-order valence-electron chi connectivity index (χ2n) is 5.15. The Morgan fingerprint density at radius 3 is 2.38 bits per heavy atom. The van der Waals surface area contributed by atoms with Crippen LogP contribution in [0.4, 0.5) is 5.69 Å². The maximum atomic E-state index is 12.1. The molecule has 1 aromatic carbocycles. The molecule has 0 aliphatic rings. The molecule has 132 valence electrons. The molecular weight excluding hydrogens is 368 g/mol. The van der Waals surface area contributed by atoms with Crippen LogP contribution < -0.4 is 9.03 Å². The zero-order valence-electron chi connectivity index (χ0n) is 13.5. The van der Waals surface area contributed by atoms with Gasteiger partial charge in [0.25, 0.3) is 0 Å². The van der Waals surface area contributed by atoms with Gasteiger partial charge in [-0.3, -0.25) is 4.31 Å². The van der Waals surface area contributed by atoms with Crippen LogP contribution in [0.3, 0.4) is 0 Å². The van der Waals surface area contributed by atoms with E-state index in [0.29, 0.717) is 12.1 Å². The standard InChI is InChI=1S/C15H20N2O4S3/c1-3-13-7-4-5-8-14(13)17(23(2,18)19)11-10-16-24(20,21)15-9-6-12-22-15/h4-9,12,16H,3,10-11H2,1-2H3. The minimum atomic E-state index is -3.61. The molecule has 0 radical (unpaired) electrons. The third kappa shape index (κ3) is 4.56. The van der Waals surface area contributed by atoms with E-state index in [4.69, 9.17) is 0 Å². The van der Waals surface area contributed by atoms with Gasteiger partial charge in [-0.05, 0) is 29.5 Å². The van der Waals surface area contributed by atoms with Gasteiger partial charge in [0, 0.05) is 13.1 Å². The number of hydrogen-bond acceptors (Lipinski definition) is 5. The molecule has 0 aliphatic carbocycles. The van der Waals surface area contributed by atoms with Crippen LogP contribution >= 0.6 is 11.3 Å². The molecule has 6 nitrogen and oxygen atoms in total. The molecule has 2 aromatic rings. The molecule has 0 atom stereocenters. The molecule has 0 amide bonds. The highest BCUT2D eigenvalue weighted by atomic mass is 32.2. The van der Waals surface area contributed by atoms with Crippen LogP contribution in [0.1, 0.15) is 12.5 Å². The van der Waals surface area contributed by atoms with Gasteiger partial charge in [0.05, 0.1) is 11.9 Å². The number of thiophene rings is 1. The second kappa shape index (κ2) is 7.64. The Morgan fingerprint density at radius 2 is 1.79 bits per heavy atom. The first-order valence-corrected chi connectivity index (χ1v) is 11.6. The van der Waals surface area contributed by atoms with Gasteiger partial charge in [0.1, 0.15) is 4.21 Å². The number of anilines is 1. The van der Waals surface area contributed by atoms with Crippen molar-refractivity contribution in [1.29, 1.82) is 0 Å². The number of nitrogens with zero attached hydrogens (tertiary/aromatic N) is 1. The lowest BCUT2D eigenvalue weighted by molar-refractivity contribution is 0.580. The SMILES string of the molecule is CCc1ccccc1N(CCNS(=O)(=O)c1cccs1)S(C)(=O)=O. The van der Waals surface area contributed by atoms with Crippen LogP contribution in [0.2, 0.25) is 0 Å². The van der Waals surface area contributed by atoms with E-state index >= 15 is 0 Å². The molecule has 0 unspecified atom stereocenters. The lowest BCUT2D eigenvalue weighted by Crippen LogP contribution is -2.38. The van der Waals surface area contributed by atoms with Crippen molar-refractivity contribution < 1.29 is 16.8 Å². The number of aryl methyl sites for hydroxylation is 1. The first-order valence-electron chi connectivity index (χ1n) is 7.34. The summed E-state index contributed by atoms with van der Waals surface area (Å²) in [7, 11) is -7.13. The summed E-state index contributed by atoms with van der Waals surface area (Å²) < 4.78 is 52.4. The monoisotopic (exact) mass is 388 g/mol. The molecule has 1 N–H and O–H groups in total. The van der Waals surface area contributed by atoms with Gasteiger partial charge in [-0.15, -0.1) is 11.3 Å². The summed E-state index contributed by atoms with van der Waals surface area (Å²) in [6.45, 7) is 1.96. The van der Waals surface area contributed by atoms with Crippen molar-refractivity contribution in [3.63, 3.8) is 0 Å². The van der Waals surface area contributed by atoms with Gasteiger partial charge in [-0.25, -0.2) is 21.6 Å². The highest BCUT2D eigenvalue weighted by Gasteiger charge is 2.21. The second-order valence-corrected chi connectivity index (χ2v) is 10.00. The zero-order valence-corrected chi connectivity index (χ0v) is 15.9. The van der Waals surface area contributed by atoms with Crippen LogP contribution in [0.5, 0.6) is 0 Å². The minimum Gasteiger partial charge on any atom is -0.269 e. The Balaban J connectivity index is 2.17. The summed E-state index contributed by atoms with van der Waals surface area (Å²) in [5.41, 5.74) is 1.47. The van der Waals surface area contributed by atoms with Gasteiger partial charge in [-0.1, -0.05) is 31.2 Å². The van der Waals surface area contributed by atoms with Crippen molar-refractivity contribution >= 4 is 37.1 Å². The molecule has 9 heteroatoms. The molecule has 0 spiro atoms. The third-order valence-corrected chi connectivity index (χ3v) is 7.45. The summed E-state index contributed by atoms with van der Waals surface area (Å²) in [5, 5.41) is 1.68. The van der Waals surface area contributed by atoms with E-state index in [0.717, 1.165) is 23.2 Å². The van der Waals surface area contributed by atoms with Crippen LogP contribution in [0.25, 0.3) is 0 Å². The van der Waals surface area contributed by atoms with Gasteiger partial charge in [0.15, 0.2) is 0 Å². The smallest absolute Gasteiger partial charge is 0.250 e. The van der Waals surface area contributed by atoms with Crippen molar-refractivity contribution in [3.8, 4) is 0 Å². The van der Waals surface area contributed by atoms with E-state index in [1.807, 2.05) is 19.1 Å². The molecule has 0 aliphatic heterocycles. The summed E-state index contributed by atoms with van der Waals surface area (Å²) in [6.07, 6.45) is 1.80. The minimum absolute atomic E-state index is 0.00858. The van der Waals surface area contributed by atoms with Gasteiger partial charge >= 0.3 is 0 Å². The fourth-order valence-corrected chi connectivity index (χ4v) is 5.30. The molecule has 1 aromatic heterocycles. The van der Waals surface area contributed by atoms with Crippen LogP contribution in [-0.2, 0) is 26.5 Å². The van der Waals surface area contributed by atoms with Crippen molar-refractivity contribution in [2.24, 2.45) is 0 Å². The van der Waals surface area contributed by atoms with Crippen molar-refractivity contribution in [3.05, 3.63) is 47.3 Å². The molecule has 1 heterocycles. The fourth-order valence-electron chi connectivity index (χ4n) is 2.29. The Bertz CT molecular complexity index is 875. The summed E-state index contributed by atoms with van der Waals surface area (Å²) in [5.74, 6) is 0. The lowest BCUT2D eigenvalue weighted by atomic mass is 10.1. The average Bonchev–Trinajstić information content (AvgIpc) is 3.05. The van der Waals surface area contributed by atoms with Crippen LogP contribution in [0, 0.1) is 0 Å². The summed E-state index contributed by atoms with van der Waals surface area (Å²) in [6, 6.07) is 10.4. The fraction of sp³-hybridized carbons (Fsp3) is 0.333. The largest absolute Gasteiger partial charge is 0.269 e. The Morgan fingerprint density at radius 1 is 1.08 bits per heavy atom. The number of nitrogens with one attached hydrogen (secondary N) is 1. The Kier molecular flexibility index (Phi) is 6.02. The number of hydrogen-bond donors (Lipinski definition) is 1. The molecule has 0 fully saturated rings. The number of rotatable bonds is 8. The van der Waals surface area contributed by atoms with Gasteiger partial charge in [-0.2, -0.15) is 0 Å². The van der Waals surface area contributed by atoms with E-state index in [1.54, 1.807) is 23.6 Å². The van der Waals surface area contributed by atoms with Crippen molar-refractivity contribution in [1.82, 2.24) is 4.72 Å². The van der Waals surface area contributed by atoms with E-state index in [1.165, 1.54) is 10.4 Å². The summed E-state index contributed by atoms with van der Waals surface area (Å²) >= 11 is 1.11. The Labute approximate surface area is 147 Å². The van der Waals surface area contributed by atoms with E-state index < -0.39 is 20.0 Å². The Hall–Kier alpha value is -1.42. The first kappa shape index (κ1) is 18.9. The van der Waals surface area contributed by atoms with Gasteiger partial charge < -0.3 is 0 Å². The van der Waals surface area contributed by atoms with E-state index in [2.05, 4.69) is 4.72 Å². The first-order chi connectivity index (χ1) is 11.3. The normalized spacial score (nSPS) is 12.2. The molecule has 0 saturated heterocycles. The maximum Gasteiger partial charge on any atom is 0.250 e. The third-order valence-electron chi connectivity index (χ3n) is 3.41. The predicted molar refractivity (Wildman–Crippen MR) is 97.5 cm³/mol. The molecule has 0 saturated carbocycles.